The monoisotopic (exact) mass is 1430 g/mol. The maximum absolute atomic E-state index is 7.96. The Morgan fingerprint density at radius 3 is 1.33 bits per heavy atom. The van der Waals surface area contributed by atoms with Gasteiger partial charge >= 0.3 is 0 Å². The smallest absolute Gasteiger partial charge is 0.277 e. The van der Waals surface area contributed by atoms with E-state index in [0.717, 1.165) is 102 Å². The van der Waals surface area contributed by atoms with Gasteiger partial charge in [-0.25, -0.2) is 19.9 Å². The Balaban J connectivity index is 0.000000140. The van der Waals surface area contributed by atoms with Gasteiger partial charge in [-0.05, 0) is 156 Å². The van der Waals surface area contributed by atoms with E-state index in [1.54, 1.807) is 38.2 Å². The number of benzene rings is 1. The van der Waals surface area contributed by atoms with Gasteiger partial charge in [0.15, 0.2) is 18.6 Å². The minimum Gasteiger partial charge on any atom is -0.308 e. The third-order valence-corrected chi connectivity index (χ3v) is 21.0. The van der Waals surface area contributed by atoms with E-state index >= 15 is 0 Å². The highest BCUT2D eigenvalue weighted by Gasteiger charge is 2.33. The van der Waals surface area contributed by atoms with Crippen LogP contribution in [0.15, 0.2) is 159 Å². The van der Waals surface area contributed by atoms with Crippen molar-refractivity contribution >= 4 is 23.1 Å². The molecule has 0 aliphatic rings. The van der Waals surface area contributed by atoms with Gasteiger partial charge in [0.1, 0.15) is 72.1 Å². The van der Waals surface area contributed by atoms with Crippen molar-refractivity contribution in [1.82, 2.24) is 55.8 Å². The minimum absolute atomic E-state index is 0.106. The first-order valence-electron chi connectivity index (χ1n) is 42.6. The molecule has 0 bridgehead atoms. The molecule has 0 aliphatic heterocycles. The summed E-state index contributed by atoms with van der Waals surface area (Å²) in [5, 5.41) is 0. The summed E-state index contributed by atoms with van der Waals surface area (Å²) in [5.74, 6) is 2.71. The average molecular weight is 1430 g/mol. The van der Waals surface area contributed by atoms with E-state index in [1.807, 2.05) is 179 Å². The van der Waals surface area contributed by atoms with Crippen molar-refractivity contribution in [3.8, 4) is 91.0 Å². The molecule has 16 rings (SSSR count). The van der Waals surface area contributed by atoms with Crippen LogP contribution >= 0.6 is 0 Å². The number of nitrogens with zero attached hydrogens (tertiary/aromatic N) is 19. The van der Waals surface area contributed by atoms with Crippen LogP contribution in [0, 0.1) is 103 Å². The van der Waals surface area contributed by atoms with Gasteiger partial charge in [0.05, 0.1) is 34.2 Å². The average Bonchev–Trinajstić information content (AvgIpc) is 1.56. The van der Waals surface area contributed by atoms with Crippen molar-refractivity contribution in [3.63, 3.8) is 0 Å². The number of rotatable bonds is 8. The molecule has 1 aromatic carbocycles. The summed E-state index contributed by atoms with van der Waals surface area (Å²) in [6.45, 7) is 8.14. The summed E-state index contributed by atoms with van der Waals surface area (Å²) in [4.78, 5) is 17.8. The van der Waals surface area contributed by atoms with Gasteiger partial charge in [-0.15, -0.1) is 0 Å². The quantitative estimate of drug-likeness (QED) is 0.141. The topological polar surface area (TPSA) is 116 Å². The number of aromatic nitrogens is 19. The fourth-order valence-corrected chi connectivity index (χ4v) is 15.3. The van der Waals surface area contributed by atoms with Crippen LogP contribution < -0.4 is 32.0 Å². The molecule has 0 radical (unpaired) electrons. The van der Waals surface area contributed by atoms with Gasteiger partial charge < -0.3 is 18.3 Å². The van der Waals surface area contributed by atoms with Gasteiger partial charge in [0, 0.05) is 174 Å². The van der Waals surface area contributed by atoms with Crippen LogP contribution in [-0.2, 0) is 77.5 Å². The lowest BCUT2D eigenvalue weighted by molar-refractivity contribution is -0.685. The Morgan fingerprint density at radius 1 is 0.340 bits per heavy atom. The molecule has 0 N–H and O–H groups in total. The molecule has 0 spiro atoms. The largest absolute Gasteiger partial charge is 0.308 e. The lowest BCUT2D eigenvalue weighted by Gasteiger charge is -2.09. The highest BCUT2D eigenvalue weighted by Crippen LogP contribution is 2.33. The maximum Gasteiger partial charge on any atom is 0.277 e. The van der Waals surface area contributed by atoms with Crippen molar-refractivity contribution in [1.29, 1.82) is 0 Å². The lowest BCUT2D eigenvalue weighted by atomic mass is 10.0. The number of hydrogen-bond acceptors (Lipinski definition) is 4. The molecule has 0 saturated carbocycles. The molecule has 19 heteroatoms. The molecule has 106 heavy (non-hydrogen) atoms. The number of pyridine rings is 7. The van der Waals surface area contributed by atoms with Crippen molar-refractivity contribution in [2.75, 3.05) is 0 Å². The van der Waals surface area contributed by atoms with E-state index < -0.39 is 34.3 Å². The van der Waals surface area contributed by atoms with Gasteiger partial charge in [0.25, 0.3) is 34.2 Å². The third kappa shape index (κ3) is 12.4. The summed E-state index contributed by atoms with van der Waals surface area (Å²) in [7, 11) is 21.6. The van der Waals surface area contributed by atoms with E-state index in [1.165, 1.54) is 28.1 Å². The minimum atomic E-state index is -2.29. The molecule has 0 amide bonds. The van der Waals surface area contributed by atoms with E-state index in [-0.39, 0.29) is 22.6 Å². The molecular weight excluding hydrogens is 1310 g/mol. The Labute approximate surface area is 644 Å². The highest BCUT2D eigenvalue weighted by atomic mass is 15.2. The summed E-state index contributed by atoms with van der Waals surface area (Å²) in [6.07, 6.45) is 11.6. The second-order valence-electron chi connectivity index (χ2n) is 28.0. The highest BCUT2D eigenvalue weighted by molar-refractivity contribution is 5.68. The van der Waals surface area contributed by atoms with Gasteiger partial charge in [-0.2, -0.15) is 32.0 Å². The molecule has 0 aliphatic carbocycles. The Morgan fingerprint density at radius 2 is 0.811 bits per heavy atom. The van der Waals surface area contributed by atoms with E-state index in [0.29, 0.717) is 45.5 Å². The van der Waals surface area contributed by atoms with Gasteiger partial charge in [0.2, 0.25) is 51.6 Å². The molecular formula is C87H104N19+7. The normalized spacial score (nSPS) is 14.2. The van der Waals surface area contributed by atoms with Crippen LogP contribution in [-0.4, -0.2) is 55.8 Å². The molecule has 19 nitrogen and oxygen atoms in total. The summed E-state index contributed by atoms with van der Waals surface area (Å²) >= 11 is 0. The molecule has 15 heterocycles. The van der Waals surface area contributed by atoms with Crippen molar-refractivity contribution in [3.05, 3.63) is 243 Å². The van der Waals surface area contributed by atoms with Gasteiger partial charge in [-0.3, -0.25) is 17.6 Å². The van der Waals surface area contributed by atoms with Crippen LogP contribution in [0.5, 0.6) is 0 Å². The fraction of sp³-hybridized carbons (Fsp3) is 0.299. The maximum atomic E-state index is 7.96. The zero-order valence-electron chi connectivity index (χ0n) is 79.5. The number of aryl methyl sites for hydroxylation is 22. The van der Waals surface area contributed by atoms with Crippen molar-refractivity contribution < 1.29 is 52.5 Å². The predicted molar refractivity (Wildman–Crippen MR) is 419 cm³/mol. The second kappa shape index (κ2) is 28.0. The van der Waals surface area contributed by atoms with E-state index in [4.69, 9.17) is 20.6 Å². The SMILES string of the molecule is Cc1ccccc1-c1cccc(-c2cn3ccnc3n2C)[n+]1C.[2H]C([2H])([2H])c1cc(-c2cc(C)cc(-c3c(C)n4c(C)c(C([2H])([2H])[2H])nc4n3C)[n+]2C)[n+](C)cc1C.[2H]C([2H])([2H])c1cc[n+](C)c(-c2cccc(-c3c(C)n4c(C)c(C([2H])([2H])[2H])nc4n3C)[n+]2C)c1.[2H]C([2H])([2H])c1nc2n(C)c(-c3cccc(-c4ccc(C)c[n+]4C)[n+]3C)c(C)n2c1C. The Kier molecular flexibility index (Phi) is 14.8. The molecule has 0 unspecified atom stereocenters. The Hall–Kier alpha value is -11.7. The zero-order chi connectivity index (χ0) is 88.6. The zero-order valence-corrected chi connectivity index (χ0v) is 64.5. The fourth-order valence-electron chi connectivity index (χ4n) is 15.3. The summed E-state index contributed by atoms with van der Waals surface area (Å²) in [6, 6.07) is 40.5. The van der Waals surface area contributed by atoms with Crippen LogP contribution in [0.25, 0.3) is 114 Å². The first-order valence-corrected chi connectivity index (χ1v) is 35.1. The summed E-state index contributed by atoms with van der Waals surface area (Å²) in [5.41, 5.74) is 25.7. The van der Waals surface area contributed by atoms with Crippen molar-refractivity contribution in [2.45, 2.75) is 103 Å². The molecule has 0 saturated heterocycles. The second-order valence-corrected chi connectivity index (χ2v) is 28.0. The van der Waals surface area contributed by atoms with Crippen LogP contribution in [0.3, 0.4) is 0 Å². The van der Waals surface area contributed by atoms with E-state index in [9.17, 15) is 0 Å². The predicted octanol–water partition coefficient (Wildman–Crippen LogP) is 12.4. The standard InChI is InChI=1S/C24H31N5.2C22H27N5.C19H19N4/c1-14-10-21(20-12-15(2)16(3)13-26(20)7)27(8)22(11-14)23-19(6)29-18(5)17(4)25-24(29)28(23)9;1-14-11-12-18(24(5)13-14)19-9-8-10-20(25(19)6)21-17(4)27-16(3)15(2)23-22(27)26(21)7;1-14-11-12-24(5)20(13-14)18-9-8-10-19(25(18)6)21-17(4)27-16(3)15(2)23-22(27)26(21)7;1-14-7-4-5-8-15(14)16-9-6-10-17(21(16)2)18-13-23-12-11-20-19(23)22(18)3/h10-13H,1-9H3;2*8-13H,1-7H3;4-13H,1-3H3/q3*+2;+1/i2D3,4D3;2D3;1D3,2D3;. The lowest BCUT2D eigenvalue weighted by Crippen LogP contribution is -2.40. The van der Waals surface area contributed by atoms with Gasteiger partial charge in [-0.1, -0.05) is 18.2 Å². The molecule has 15 aromatic heterocycles. The molecule has 0 atom stereocenters. The first-order chi connectivity index (χ1) is 56.4. The number of hydrogen-bond donors (Lipinski definition) is 0. The van der Waals surface area contributed by atoms with Crippen molar-refractivity contribution in [2.24, 2.45) is 77.5 Å². The number of imidazole rings is 8. The number of fused-ring (bicyclic) bond motifs is 4. The van der Waals surface area contributed by atoms with E-state index in [2.05, 4.69) is 176 Å². The molecule has 540 valence electrons. The summed E-state index contributed by atoms with van der Waals surface area (Å²) < 4.78 is 148. The Bertz CT molecular complexity index is 6790. The molecule has 0 fully saturated rings. The van der Waals surface area contributed by atoms with Crippen LogP contribution in [0.1, 0.15) is 105 Å². The van der Waals surface area contributed by atoms with Crippen LogP contribution in [0.4, 0.5) is 0 Å². The third-order valence-electron chi connectivity index (χ3n) is 21.0. The van der Waals surface area contributed by atoms with Crippen LogP contribution in [0.2, 0.25) is 0 Å². The molecule has 16 aromatic rings. The first kappa shape index (κ1) is 55.8.